The molecule has 0 saturated heterocycles. The highest BCUT2D eigenvalue weighted by Gasteiger charge is 2.39. The number of aliphatic carboxylic acids is 1. The van der Waals surface area contributed by atoms with Crippen molar-refractivity contribution in [1.29, 1.82) is 0 Å². The van der Waals surface area contributed by atoms with Crippen LogP contribution in [0.25, 0.3) is 0 Å². The average molecular weight is 254 g/mol. The number of hydrogen-bond acceptors (Lipinski definition) is 4. The normalized spacial score (nSPS) is 13.8. The smallest absolute Gasteiger partial charge is 0.340 e. The van der Waals surface area contributed by atoms with E-state index in [4.69, 9.17) is 9.47 Å². The van der Waals surface area contributed by atoms with E-state index in [1.807, 2.05) is 6.92 Å². The standard InChI is InChI=1S/C13H18O5/c1-5-13(16,12(14)15)9-7-10(17-3)8(2)6-11(9)18-4/h6-7,16H,5H2,1-4H3,(H,14,15). The molecule has 0 aliphatic rings. The van der Waals surface area contributed by atoms with Crippen molar-refractivity contribution in [3.63, 3.8) is 0 Å². The minimum absolute atomic E-state index is 0.0326. The molecule has 0 bridgehead atoms. The lowest BCUT2D eigenvalue weighted by molar-refractivity contribution is -0.160. The predicted octanol–water partition coefficient (Wildman–Crippen LogP) is 1.69. The molecule has 1 aromatic rings. The van der Waals surface area contributed by atoms with Crippen LogP contribution in [0.3, 0.4) is 0 Å². The van der Waals surface area contributed by atoms with E-state index in [1.54, 1.807) is 13.0 Å². The molecule has 0 spiro atoms. The highest BCUT2D eigenvalue weighted by molar-refractivity contribution is 5.80. The molecule has 0 aliphatic heterocycles. The molecule has 0 saturated carbocycles. The van der Waals surface area contributed by atoms with Gasteiger partial charge in [-0.2, -0.15) is 0 Å². The molecular weight excluding hydrogens is 236 g/mol. The molecule has 5 nitrogen and oxygen atoms in total. The maximum atomic E-state index is 11.3. The van der Waals surface area contributed by atoms with Gasteiger partial charge in [-0.3, -0.25) is 0 Å². The summed E-state index contributed by atoms with van der Waals surface area (Å²) >= 11 is 0. The molecule has 1 unspecified atom stereocenters. The lowest BCUT2D eigenvalue weighted by Gasteiger charge is -2.25. The Bertz CT molecular complexity index is 455. The lowest BCUT2D eigenvalue weighted by atomic mass is 9.89. The van der Waals surface area contributed by atoms with Crippen LogP contribution < -0.4 is 9.47 Å². The Kier molecular flexibility index (Phi) is 4.19. The second-order valence-electron chi connectivity index (χ2n) is 4.04. The summed E-state index contributed by atoms with van der Waals surface area (Å²) in [5.74, 6) is -0.465. The number of rotatable bonds is 5. The number of carboxylic acids is 1. The number of ether oxygens (including phenoxy) is 2. The number of aliphatic hydroxyl groups is 1. The van der Waals surface area contributed by atoms with Gasteiger partial charge in [0.2, 0.25) is 0 Å². The third-order valence-electron chi connectivity index (χ3n) is 3.03. The van der Waals surface area contributed by atoms with Crippen LogP contribution in [0.1, 0.15) is 24.5 Å². The number of benzene rings is 1. The summed E-state index contributed by atoms with van der Waals surface area (Å²) in [6.07, 6.45) is 0.0326. The quantitative estimate of drug-likeness (QED) is 0.836. The van der Waals surface area contributed by atoms with Gasteiger partial charge in [0.25, 0.3) is 0 Å². The van der Waals surface area contributed by atoms with Crippen molar-refractivity contribution >= 4 is 5.97 Å². The number of carboxylic acid groups (broad SMARTS) is 1. The third kappa shape index (κ3) is 2.26. The molecule has 2 N–H and O–H groups in total. The van der Waals surface area contributed by atoms with Crippen molar-refractivity contribution in [2.45, 2.75) is 25.9 Å². The Morgan fingerprint density at radius 3 is 2.22 bits per heavy atom. The maximum Gasteiger partial charge on any atom is 0.340 e. The first-order valence-electron chi connectivity index (χ1n) is 5.59. The lowest BCUT2D eigenvalue weighted by Crippen LogP contribution is -2.35. The van der Waals surface area contributed by atoms with Crippen LogP contribution in [0, 0.1) is 6.92 Å². The summed E-state index contributed by atoms with van der Waals surface area (Å²) in [6, 6.07) is 3.16. The Balaban J connectivity index is 3.50. The molecule has 1 rings (SSSR count). The number of aryl methyl sites for hydroxylation is 1. The first-order valence-corrected chi connectivity index (χ1v) is 5.59. The van der Waals surface area contributed by atoms with E-state index in [0.29, 0.717) is 11.5 Å². The number of hydrogen-bond donors (Lipinski definition) is 2. The summed E-state index contributed by atoms with van der Waals surface area (Å²) < 4.78 is 10.3. The predicted molar refractivity (Wildman–Crippen MR) is 66.1 cm³/mol. The summed E-state index contributed by atoms with van der Waals surface area (Å²) in [5.41, 5.74) is -0.976. The Hall–Kier alpha value is -1.75. The largest absolute Gasteiger partial charge is 0.496 e. The van der Waals surface area contributed by atoms with Gasteiger partial charge >= 0.3 is 5.97 Å². The fourth-order valence-electron chi connectivity index (χ4n) is 1.83. The minimum atomic E-state index is -1.98. The fourth-order valence-corrected chi connectivity index (χ4v) is 1.83. The molecule has 0 aromatic heterocycles. The molecule has 1 aromatic carbocycles. The van der Waals surface area contributed by atoms with Gasteiger partial charge in [-0.15, -0.1) is 0 Å². The zero-order valence-electron chi connectivity index (χ0n) is 11.0. The van der Waals surface area contributed by atoms with Crippen molar-refractivity contribution in [3.8, 4) is 11.5 Å². The van der Waals surface area contributed by atoms with Crippen LogP contribution in [0.15, 0.2) is 12.1 Å². The van der Waals surface area contributed by atoms with E-state index >= 15 is 0 Å². The number of carbonyl (C=O) groups is 1. The monoisotopic (exact) mass is 254 g/mol. The molecule has 0 radical (unpaired) electrons. The van der Waals surface area contributed by atoms with Crippen molar-refractivity contribution in [1.82, 2.24) is 0 Å². The van der Waals surface area contributed by atoms with E-state index in [1.165, 1.54) is 20.3 Å². The van der Waals surface area contributed by atoms with Crippen molar-refractivity contribution in [2.24, 2.45) is 0 Å². The van der Waals surface area contributed by atoms with E-state index in [-0.39, 0.29) is 12.0 Å². The SMILES string of the molecule is CCC(O)(C(=O)O)c1cc(OC)c(C)cc1OC. The van der Waals surface area contributed by atoms with Gasteiger partial charge in [0.1, 0.15) is 11.5 Å². The Labute approximate surface area is 106 Å². The molecular formula is C13H18O5. The van der Waals surface area contributed by atoms with Gasteiger partial charge in [-0.25, -0.2) is 4.79 Å². The third-order valence-corrected chi connectivity index (χ3v) is 3.03. The molecule has 0 amide bonds. The summed E-state index contributed by atoms with van der Waals surface area (Å²) in [5, 5.41) is 19.4. The first-order chi connectivity index (χ1) is 8.40. The maximum absolute atomic E-state index is 11.3. The van der Waals surface area contributed by atoms with Gasteiger partial charge in [0.05, 0.1) is 14.2 Å². The Morgan fingerprint density at radius 2 is 1.83 bits per heavy atom. The van der Waals surface area contributed by atoms with Gasteiger partial charge in [0.15, 0.2) is 5.60 Å². The van der Waals surface area contributed by atoms with Crippen molar-refractivity contribution in [2.75, 3.05) is 14.2 Å². The summed E-state index contributed by atoms with van der Waals surface area (Å²) in [4.78, 5) is 11.3. The Morgan fingerprint density at radius 1 is 1.28 bits per heavy atom. The van der Waals surface area contributed by atoms with Gasteiger partial charge in [-0.1, -0.05) is 6.92 Å². The van der Waals surface area contributed by atoms with Crippen LogP contribution >= 0.6 is 0 Å². The fraction of sp³-hybridized carbons (Fsp3) is 0.462. The highest BCUT2D eigenvalue weighted by Crippen LogP contribution is 2.37. The zero-order chi connectivity index (χ0) is 13.9. The molecule has 5 heteroatoms. The van der Waals surface area contributed by atoms with E-state index < -0.39 is 11.6 Å². The van der Waals surface area contributed by atoms with Gasteiger partial charge in [-0.05, 0) is 31.0 Å². The molecule has 100 valence electrons. The van der Waals surface area contributed by atoms with Crippen LogP contribution in [0.4, 0.5) is 0 Å². The topological polar surface area (TPSA) is 76.0 Å². The van der Waals surface area contributed by atoms with E-state index in [9.17, 15) is 15.0 Å². The van der Waals surface area contributed by atoms with E-state index in [0.717, 1.165) is 5.56 Å². The van der Waals surface area contributed by atoms with Crippen LogP contribution in [0.2, 0.25) is 0 Å². The zero-order valence-corrected chi connectivity index (χ0v) is 11.0. The number of methoxy groups -OCH3 is 2. The molecule has 0 fully saturated rings. The van der Waals surface area contributed by atoms with Crippen molar-refractivity contribution < 1.29 is 24.5 Å². The molecule has 0 heterocycles. The second-order valence-corrected chi connectivity index (χ2v) is 4.04. The summed E-state index contributed by atoms with van der Waals surface area (Å²) in [6.45, 7) is 3.41. The highest BCUT2D eigenvalue weighted by atomic mass is 16.5. The van der Waals surface area contributed by atoms with E-state index in [2.05, 4.69) is 0 Å². The summed E-state index contributed by atoms with van der Waals surface area (Å²) in [7, 11) is 2.92. The van der Waals surface area contributed by atoms with Crippen LogP contribution in [0.5, 0.6) is 11.5 Å². The molecule has 1 atom stereocenters. The molecule has 18 heavy (non-hydrogen) atoms. The van der Waals surface area contributed by atoms with Crippen LogP contribution in [-0.4, -0.2) is 30.4 Å². The second kappa shape index (κ2) is 5.27. The molecule has 0 aliphatic carbocycles. The van der Waals surface area contributed by atoms with Crippen molar-refractivity contribution in [3.05, 3.63) is 23.3 Å². The van der Waals surface area contributed by atoms with Gasteiger partial charge in [0, 0.05) is 5.56 Å². The first kappa shape index (κ1) is 14.3. The van der Waals surface area contributed by atoms with Crippen LogP contribution in [-0.2, 0) is 10.4 Å². The van der Waals surface area contributed by atoms with Gasteiger partial charge < -0.3 is 19.7 Å². The average Bonchev–Trinajstić information content (AvgIpc) is 2.36. The minimum Gasteiger partial charge on any atom is -0.496 e.